The maximum atomic E-state index is 5.37. The number of nitrogens with zero attached hydrogens (tertiary/aromatic N) is 1. The van der Waals surface area contributed by atoms with Crippen LogP contribution >= 0.6 is 11.3 Å². The van der Waals surface area contributed by atoms with E-state index in [1.165, 1.54) is 0 Å². The van der Waals surface area contributed by atoms with Crippen molar-refractivity contribution in [2.45, 2.75) is 0 Å². The van der Waals surface area contributed by atoms with Gasteiger partial charge in [-0.3, -0.25) is 10.9 Å². The Labute approximate surface area is 127 Å². The molecule has 0 radical (unpaired) electrons. The van der Waals surface area contributed by atoms with E-state index in [1.54, 1.807) is 18.4 Å². The second-order valence-corrected chi connectivity index (χ2v) is 5.21. The summed E-state index contributed by atoms with van der Waals surface area (Å²) in [6.07, 6.45) is 0. The molecule has 1 heterocycles. The summed E-state index contributed by atoms with van der Waals surface area (Å²) in [6.45, 7) is 0. The number of thiazole rings is 1. The van der Waals surface area contributed by atoms with E-state index in [2.05, 4.69) is 15.8 Å². The Morgan fingerprint density at radius 2 is 1.71 bits per heavy atom. The molecule has 3 aromatic rings. The van der Waals surface area contributed by atoms with Gasteiger partial charge in [0.15, 0.2) is 0 Å². The molecule has 4 nitrogen and oxygen atoms in total. The van der Waals surface area contributed by atoms with Gasteiger partial charge in [-0.05, 0) is 24.3 Å². The molecule has 3 rings (SSSR count). The number of ether oxygens (including phenoxy) is 1. The van der Waals surface area contributed by atoms with Crippen molar-refractivity contribution in [1.82, 2.24) is 4.98 Å². The zero-order valence-corrected chi connectivity index (χ0v) is 12.4. The molecule has 2 aromatic carbocycles. The van der Waals surface area contributed by atoms with Crippen molar-refractivity contribution in [2.75, 3.05) is 18.0 Å². The average molecular weight is 297 g/mol. The Morgan fingerprint density at radius 3 is 2.52 bits per heavy atom. The molecule has 0 amide bonds. The van der Waals surface area contributed by atoms with Crippen LogP contribution in [0.25, 0.3) is 11.3 Å². The third kappa shape index (κ3) is 3.14. The molecule has 2 N–H and O–H groups in total. The van der Waals surface area contributed by atoms with Crippen LogP contribution in [0.3, 0.4) is 0 Å². The summed E-state index contributed by atoms with van der Waals surface area (Å²) in [5.74, 6) is 0.824. The Bertz CT molecular complexity index is 712. The van der Waals surface area contributed by atoms with Gasteiger partial charge < -0.3 is 4.74 Å². The molecule has 0 aliphatic heterocycles. The normalized spacial score (nSPS) is 10.1. The SMILES string of the molecule is COc1ccccc1-c1csc(NNc2ccccc2)n1. The highest BCUT2D eigenvalue weighted by Gasteiger charge is 2.09. The minimum absolute atomic E-state index is 0.805. The largest absolute Gasteiger partial charge is 0.496 e. The van der Waals surface area contributed by atoms with Crippen molar-refractivity contribution in [2.24, 2.45) is 0 Å². The summed E-state index contributed by atoms with van der Waals surface area (Å²) in [5.41, 5.74) is 9.11. The molecule has 0 saturated heterocycles. The highest BCUT2D eigenvalue weighted by atomic mass is 32.1. The van der Waals surface area contributed by atoms with E-state index in [9.17, 15) is 0 Å². The Morgan fingerprint density at radius 1 is 0.952 bits per heavy atom. The average Bonchev–Trinajstić information content (AvgIpc) is 3.02. The van der Waals surface area contributed by atoms with Gasteiger partial charge in [-0.15, -0.1) is 11.3 Å². The summed E-state index contributed by atoms with van der Waals surface area (Å²) in [4.78, 5) is 4.57. The van der Waals surface area contributed by atoms with Crippen LogP contribution in [0.5, 0.6) is 5.75 Å². The lowest BCUT2D eigenvalue weighted by molar-refractivity contribution is 0.416. The number of rotatable bonds is 5. The maximum Gasteiger partial charge on any atom is 0.202 e. The first-order valence-electron chi connectivity index (χ1n) is 6.53. The van der Waals surface area contributed by atoms with Gasteiger partial charge in [0.25, 0.3) is 0 Å². The molecule has 5 heteroatoms. The van der Waals surface area contributed by atoms with E-state index in [0.29, 0.717) is 0 Å². The van der Waals surface area contributed by atoms with Gasteiger partial charge in [0, 0.05) is 10.9 Å². The van der Waals surface area contributed by atoms with Gasteiger partial charge in [0.1, 0.15) is 5.75 Å². The molecule has 0 unspecified atom stereocenters. The third-order valence-electron chi connectivity index (χ3n) is 2.97. The van der Waals surface area contributed by atoms with E-state index in [-0.39, 0.29) is 0 Å². The Balaban J connectivity index is 1.74. The fraction of sp³-hybridized carbons (Fsp3) is 0.0625. The number of anilines is 2. The number of benzene rings is 2. The van der Waals surface area contributed by atoms with Gasteiger partial charge in [-0.25, -0.2) is 4.98 Å². The van der Waals surface area contributed by atoms with E-state index >= 15 is 0 Å². The lowest BCUT2D eigenvalue weighted by Gasteiger charge is -2.06. The first kappa shape index (κ1) is 13.5. The van der Waals surface area contributed by atoms with E-state index < -0.39 is 0 Å². The number of hydrogen-bond acceptors (Lipinski definition) is 5. The second-order valence-electron chi connectivity index (χ2n) is 4.35. The molecule has 0 fully saturated rings. The van der Waals surface area contributed by atoms with Crippen molar-refractivity contribution in [3.8, 4) is 17.0 Å². The van der Waals surface area contributed by atoms with Crippen molar-refractivity contribution in [3.63, 3.8) is 0 Å². The Kier molecular flexibility index (Phi) is 4.02. The number of nitrogens with one attached hydrogen (secondary N) is 2. The van der Waals surface area contributed by atoms with Gasteiger partial charge in [-0.2, -0.15) is 0 Å². The molecule has 0 saturated carbocycles. The molecule has 0 aliphatic carbocycles. The van der Waals surface area contributed by atoms with Crippen LogP contribution < -0.4 is 15.6 Å². The van der Waals surface area contributed by atoms with Crippen LogP contribution in [0.2, 0.25) is 0 Å². The third-order valence-corrected chi connectivity index (χ3v) is 3.73. The standard InChI is InChI=1S/C16H15N3OS/c1-20-15-10-6-5-9-13(15)14-11-21-16(17-14)19-18-12-7-3-2-4-8-12/h2-11,18H,1H3,(H,17,19). The van der Waals surface area contributed by atoms with Crippen molar-refractivity contribution in [1.29, 1.82) is 0 Å². The van der Waals surface area contributed by atoms with Crippen LogP contribution in [0.15, 0.2) is 60.0 Å². The van der Waals surface area contributed by atoms with Crippen molar-refractivity contribution >= 4 is 22.2 Å². The van der Waals surface area contributed by atoms with Crippen LogP contribution in [0.1, 0.15) is 0 Å². The summed E-state index contributed by atoms with van der Waals surface area (Å²) < 4.78 is 5.37. The first-order chi connectivity index (χ1) is 10.4. The summed E-state index contributed by atoms with van der Waals surface area (Å²) in [7, 11) is 1.67. The monoisotopic (exact) mass is 297 g/mol. The predicted octanol–water partition coefficient (Wildman–Crippen LogP) is 4.26. The zero-order valence-electron chi connectivity index (χ0n) is 11.5. The predicted molar refractivity (Wildman–Crippen MR) is 87.8 cm³/mol. The minimum Gasteiger partial charge on any atom is -0.496 e. The number of hydrogen-bond donors (Lipinski definition) is 2. The molecule has 0 atom stereocenters. The molecular weight excluding hydrogens is 282 g/mol. The van der Waals surface area contributed by atoms with Gasteiger partial charge in [0.2, 0.25) is 5.13 Å². The quantitative estimate of drug-likeness (QED) is 0.691. The topological polar surface area (TPSA) is 46.2 Å². The summed E-state index contributed by atoms with van der Waals surface area (Å²) >= 11 is 1.54. The van der Waals surface area contributed by atoms with Crippen LogP contribution in [-0.4, -0.2) is 12.1 Å². The molecule has 0 bridgehead atoms. The number of methoxy groups -OCH3 is 1. The highest BCUT2D eigenvalue weighted by Crippen LogP contribution is 2.31. The molecular formula is C16H15N3OS. The smallest absolute Gasteiger partial charge is 0.202 e. The van der Waals surface area contributed by atoms with Gasteiger partial charge in [-0.1, -0.05) is 30.3 Å². The van der Waals surface area contributed by atoms with E-state index in [1.807, 2.05) is 60.0 Å². The molecule has 0 spiro atoms. The van der Waals surface area contributed by atoms with Crippen molar-refractivity contribution in [3.05, 3.63) is 60.0 Å². The highest BCUT2D eigenvalue weighted by molar-refractivity contribution is 7.14. The molecule has 106 valence electrons. The summed E-state index contributed by atoms with van der Waals surface area (Å²) in [6, 6.07) is 17.8. The molecule has 21 heavy (non-hydrogen) atoms. The fourth-order valence-corrected chi connectivity index (χ4v) is 2.62. The first-order valence-corrected chi connectivity index (χ1v) is 7.41. The van der Waals surface area contributed by atoms with E-state index in [0.717, 1.165) is 27.8 Å². The lowest BCUT2D eigenvalue weighted by Crippen LogP contribution is -2.07. The lowest BCUT2D eigenvalue weighted by atomic mass is 10.1. The molecule has 1 aromatic heterocycles. The van der Waals surface area contributed by atoms with Gasteiger partial charge in [0.05, 0.1) is 18.5 Å². The minimum atomic E-state index is 0.805. The maximum absolute atomic E-state index is 5.37. The number of aromatic nitrogens is 1. The number of hydrazine groups is 1. The summed E-state index contributed by atoms with van der Waals surface area (Å²) in [5, 5.41) is 2.81. The van der Waals surface area contributed by atoms with Crippen LogP contribution in [0.4, 0.5) is 10.8 Å². The Hall–Kier alpha value is -2.53. The van der Waals surface area contributed by atoms with E-state index in [4.69, 9.17) is 4.74 Å². The number of para-hydroxylation sites is 2. The van der Waals surface area contributed by atoms with Crippen LogP contribution in [0, 0.1) is 0 Å². The zero-order chi connectivity index (χ0) is 14.5. The van der Waals surface area contributed by atoms with Crippen molar-refractivity contribution < 1.29 is 4.74 Å². The van der Waals surface area contributed by atoms with Gasteiger partial charge >= 0.3 is 0 Å². The van der Waals surface area contributed by atoms with Crippen LogP contribution in [-0.2, 0) is 0 Å². The fourth-order valence-electron chi connectivity index (χ4n) is 1.96. The molecule has 0 aliphatic rings. The second kappa shape index (κ2) is 6.28.